The van der Waals surface area contributed by atoms with Gasteiger partial charge < -0.3 is 15.8 Å². The molecule has 0 spiro atoms. The van der Waals surface area contributed by atoms with E-state index in [1.165, 1.54) is 12.8 Å². The Balaban J connectivity index is 0.00000242. The van der Waals surface area contributed by atoms with Gasteiger partial charge in [-0.1, -0.05) is 30.4 Å². The van der Waals surface area contributed by atoms with E-state index in [9.17, 15) is 0 Å². The van der Waals surface area contributed by atoms with Gasteiger partial charge in [0.05, 0.1) is 12.6 Å². The van der Waals surface area contributed by atoms with Gasteiger partial charge in [0.2, 0.25) is 0 Å². The molecule has 1 aliphatic carbocycles. The van der Waals surface area contributed by atoms with E-state index in [-0.39, 0.29) is 24.0 Å². The van der Waals surface area contributed by atoms with Crippen molar-refractivity contribution in [2.24, 2.45) is 10.7 Å². The second-order valence-corrected chi connectivity index (χ2v) is 5.64. The maximum atomic E-state index is 6.09. The molecule has 0 atom stereocenters. The number of nitrogens with one attached hydrogen (secondary N) is 1. The lowest BCUT2D eigenvalue weighted by Crippen LogP contribution is -2.32. The van der Waals surface area contributed by atoms with E-state index in [1.807, 2.05) is 31.2 Å². The number of hydrogen-bond donors (Lipinski definition) is 2. The summed E-state index contributed by atoms with van der Waals surface area (Å²) in [5.74, 6) is 1.37. The number of aliphatic imine (C=N–C) groups is 1. The van der Waals surface area contributed by atoms with E-state index in [2.05, 4.69) is 16.9 Å². The zero-order valence-electron chi connectivity index (χ0n) is 13.2. The van der Waals surface area contributed by atoms with Crippen LogP contribution in [0.2, 0.25) is 0 Å². The topological polar surface area (TPSA) is 59.6 Å². The van der Waals surface area contributed by atoms with E-state index in [0.717, 1.165) is 29.7 Å². The average molecular weight is 415 g/mol. The summed E-state index contributed by atoms with van der Waals surface area (Å²) in [7, 11) is 0. The highest BCUT2D eigenvalue weighted by molar-refractivity contribution is 14.0. The first-order valence-corrected chi connectivity index (χ1v) is 7.58. The van der Waals surface area contributed by atoms with Gasteiger partial charge in [-0.25, -0.2) is 4.99 Å². The number of hydrogen-bond acceptors (Lipinski definition) is 2. The van der Waals surface area contributed by atoms with Gasteiger partial charge in [0.15, 0.2) is 5.96 Å². The zero-order chi connectivity index (χ0) is 15.1. The predicted octanol–water partition coefficient (Wildman–Crippen LogP) is 3.61. The third-order valence-electron chi connectivity index (χ3n) is 3.56. The van der Waals surface area contributed by atoms with E-state index in [0.29, 0.717) is 25.2 Å². The minimum absolute atomic E-state index is 0. The highest BCUT2D eigenvalue weighted by Crippen LogP contribution is 2.26. The molecular formula is C17H26IN3O. The molecule has 0 aliphatic heterocycles. The largest absolute Gasteiger partial charge is 0.490 e. The van der Waals surface area contributed by atoms with Crippen molar-refractivity contribution in [1.29, 1.82) is 0 Å². The highest BCUT2D eigenvalue weighted by Gasteiger charge is 2.17. The van der Waals surface area contributed by atoms with Crippen LogP contribution in [0.1, 0.15) is 38.2 Å². The van der Waals surface area contributed by atoms with Crippen LogP contribution in [0.25, 0.3) is 0 Å². The molecule has 4 nitrogen and oxygen atoms in total. The van der Waals surface area contributed by atoms with Crippen molar-refractivity contribution in [3.05, 3.63) is 42.0 Å². The van der Waals surface area contributed by atoms with Crippen LogP contribution in [0.4, 0.5) is 0 Å². The van der Waals surface area contributed by atoms with Gasteiger partial charge in [-0.05, 0) is 38.7 Å². The van der Waals surface area contributed by atoms with Crippen molar-refractivity contribution in [3.63, 3.8) is 0 Å². The van der Waals surface area contributed by atoms with Crippen molar-refractivity contribution in [1.82, 2.24) is 5.32 Å². The Bertz CT molecular complexity index is 510. The summed E-state index contributed by atoms with van der Waals surface area (Å²) in [5, 5.41) is 3.03. The third-order valence-corrected chi connectivity index (χ3v) is 3.56. The Kier molecular flexibility index (Phi) is 8.30. The minimum atomic E-state index is 0. The summed E-state index contributed by atoms with van der Waals surface area (Å²) >= 11 is 0. The second-order valence-electron chi connectivity index (χ2n) is 5.64. The summed E-state index contributed by atoms with van der Waals surface area (Å²) in [6.45, 7) is 6.95. The SMILES string of the molecule is C=C(C)CNC(N)=NCc1ccccc1OC1CCCC1.I. The van der Waals surface area contributed by atoms with Crippen LogP contribution in [0, 0.1) is 0 Å². The van der Waals surface area contributed by atoms with Crippen molar-refractivity contribution in [3.8, 4) is 5.75 Å². The standard InChI is InChI=1S/C17H25N3O.HI/c1-13(2)11-19-17(18)20-12-14-7-3-6-10-16(14)21-15-8-4-5-9-15;/h3,6-7,10,15H,1,4-5,8-9,11-12H2,2H3,(H3,18,19,20);1H. The van der Waals surface area contributed by atoms with Crippen molar-refractivity contribution < 1.29 is 4.74 Å². The predicted molar refractivity (Wildman–Crippen MR) is 103 cm³/mol. The van der Waals surface area contributed by atoms with Gasteiger partial charge in [0.25, 0.3) is 0 Å². The van der Waals surface area contributed by atoms with Crippen LogP contribution in [0.5, 0.6) is 5.75 Å². The van der Waals surface area contributed by atoms with Crippen molar-refractivity contribution in [2.45, 2.75) is 45.3 Å². The number of nitrogens with zero attached hydrogens (tertiary/aromatic N) is 1. The number of halogens is 1. The molecule has 0 bridgehead atoms. The zero-order valence-corrected chi connectivity index (χ0v) is 15.5. The van der Waals surface area contributed by atoms with Gasteiger partial charge in [0.1, 0.15) is 5.75 Å². The van der Waals surface area contributed by atoms with E-state index in [4.69, 9.17) is 10.5 Å². The molecule has 122 valence electrons. The molecule has 0 saturated heterocycles. The Morgan fingerprint density at radius 2 is 2.05 bits per heavy atom. The van der Waals surface area contributed by atoms with Crippen LogP contribution in [0.3, 0.4) is 0 Å². The maximum Gasteiger partial charge on any atom is 0.189 e. The lowest BCUT2D eigenvalue weighted by Gasteiger charge is -2.15. The smallest absolute Gasteiger partial charge is 0.189 e. The molecule has 0 aromatic heterocycles. The molecule has 1 aromatic rings. The Hall–Kier alpha value is -1.24. The van der Waals surface area contributed by atoms with Crippen molar-refractivity contribution >= 4 is 29.9 Å². The van der Waals surface area contributed by atoms with E-state index >= 15 is 0 Å². The molecule has 0 radical (unpaired) electrons. The van der Waals surface area contributed by atoms with Crippen LogP contribution in [-0.2, 0) is 6.54 Å². The van der Waals surface area contributed by atoms with Crippen LogP contribution < -0.4 is 15.8 Å². The Morgan fingerprint density at radius 1 is 1.36 bits per heavy atom. The third kappa shape index (κ3) is 6.25. The molecule has 1 aromatic carbocycles. The van der Waals surface area contributed by atoms with Gasteiger partial charge in [-0.15, -0.1) is 24.0 Å². The minimum Gasteiger partial charge on any atom is -0.490 e. The number of rotatable bonds is 6. The van der Waals surface area contributed by atoms with Crippen LogP contribution in [-0.4, -0.2) is 18.6 Å². The molecule has 0 heterocycles. The van der Waals surface area contributed by atoms with Crippen molar-refractivity contribution in [2.75, 3.05) is 6.54 Å². The average Bonchev–Trinajstić information content (AvgIpc) is 2.97. The fourth-order valence-corrected chi connectivity index (χ4v) is 2.40. The van der Waals surface area contributed by atoms with Gasteiger partial charge in [0, 0.05) is 12.1 Å². The Morgan fingerprint density at radius 3 is 2.73 bits per heavy atom. The fraction of sp³-hybridized carbons (Fsp3) is 0.471. The molecule has 5 heteroatoms. The van der Waals surface area contributed by atoms with Gasteiger partial charge in [-0.2, -0.15) is 0 Å². The number of para-hydroxylation sites is 1. The molecule has 2 rings (SSSR count). The molecule has 1 saturated carbocycles. The molecule has 3 N–H and O–H groups in total. The number of nitrogens with two attached hydrogens (primary N) is 1. The van der Waals surface area contributed by atoms with Crippen LogP contribution >= 0.6 is 24.0 Å². The van der Waals surface area contributed by atoms with E-state index < -0.39 is 0 Å². The molecule has 0 amide bonds. The summed E-state index contributed by atoms with van der Waals surface area (Å²) in [6, 6.07) is 8.06. The first-order chi connectivity index (χ1) is 10.1. The maximum absolute atomic E-state index is 6.09. The number of guanidine groups is 1. The molecule has 0 unspecified atom stereocenters. The Labute approximate surface area is 150 Å². The van der Waals surface area contributed by atoms with E-state index in [1.54, 1.807) is 0 Å². The quantitative estimate of drug-likeness (QED) is 0.323. The summed E-state index contributed by atoms with van der Waals surface area (Å²) in [5.41, 5.74) is 7.94. The summed E-state index contributed by atoms with van der Waals surface area (Å²) < 4.78 is 6.09. The normalized spacial score (nSPS) is 15.2. The first kappa shape index (κ1) is 18.8. The molecule has 1 fully saturated rings. The second kappa shape index (κ2) is 9.71. The lowest BCUT2D eigenvalue weighted by atomic mass is 10.2. The van der Waals surface area contributed by atoms with Crippen LogP contribution in [0.15, 0.2) is 41.4 Å². The molecule has 22 heavy (non-hydrogen) atoms. The highest BCUT2D eigenvalue weighted by atomic mass is 127. The summed E-state index contributed by atoms with van der Waals surface area (Å²) in [4.78, 5) is 4.36. The first-order valence-electron chi connectivity index (χ1n) is 7.58. The van der Waals surface area contributed by atoms with Gasteiger partial charge in [-0.3, -0.25) is 0 Å². The monoisotopic (exact) mass is 415 g/mol. The van der Waals surface area contributed by atoms with Gasteiger partial charge >= 0.3 is 0 Å². The number of benzene rings is 1. The number of ether oxygens (including phenoxy) is 1. The molecular weight excluding hydrogens is 389 g/mol. The molecule has 1 aliphatic rings. The summed E-state index contributed by atoms with van der Waals surface area (Å²) in [6.07, 6.45) is 5.19. The fourth-order valence-electron chi connectivity index (χ4n) is 2.40. The lowest BCUT2D eigenvalue weighted by molar-refractivity contribution is 0.208.